The van der Waals surface area contributed by atoms with Crippen molar-refractivity contribution in [3.8, 4) is 0 Å². The summed E-state index contributed by atoms with van der Waals surface area (Å²) in [6.45, 7) is 9.13. The van der Waals surface area contributed by atoms with Crippen molar-refractivity contribution in [3.63, 3.8) is 0 Å². The summed E-state index contributed by atoms with van der Waals surface area (Å²) in [5.74, 6) is -0.623. The van der Waals surface area contributed by atoms with Gasteiger partial charge in [0.15, 0.2) is 0 Å². The fourth-order valence-corrected chi connectivity index (χ4v) is 1.88. The van der Waals surface area contributed by atoms with Gasteiger partial charge in [0.25, 0.3) is 0 Å². The molecule has 0 unspecified atom stereocenters. The van der Waals surface area contributed by atoms with E-state index in [0.29, 0.717) is 24.7 Å². The number of aryl methyl sites for hydroxylation is 1. The summed E-state index contributed by atoms with van der Waals surface area (Å²) in [4.78, 5) is 24.8. The lowest BCUT2D eigenvalue weighted by atomic mass is 10.1. The molecule has 2 amide bonds. The fraction of sp³-hybridized carbons (Fsp3) is 0.467. The first-order valence-corrected chi connectivity index (χ1v) is 6.75. The van der Waals surface area contributed by atoms with Crippen LogP contribution < -0.4 is 5.32 Å². The number of carbonyl (C=O) groups is 2. The Kier molecular flexibility index (Phi) is 5.55. The molecule has 1 aromatic carbocycles. The molecule has 0 radical (unpaired) electrons. The molecule has 0 atom stereocenters. The Morgan fingerprint density at radius 1 is 1.35 bits per heavy atom. The molecule has 0 heterocycles. The van der Waals surface area contributed by atoms with Crippen LogP contribution in [0, 0.1) is 12.8 Å². The van der Waals surface area contributed by atoms with E-state index in [4.69, 9.17) is 5.11 Å². The summed E-state index contributed by atoms with van der Waals surface area (Å²) in [6, 6.07) is 4.50. The van der Waals surface area contributed by atoms with Crippen molar-refractivity contribution in [3.05, 3.63) is 29.3 Å². The first kappa shape index (κ1) is 16.0. The van der Waals surface area contributed by atoms with Gasteiger partial charge in [-0.05, 0) is 37.5 Å². The second-order valence-electron chi connectivity index (χ2n) is 5.20. The molecule has 110 valence electrons. The van der Waals surface area contributed by atoms with Crippen molar-refractivity contribution in [1.82, 2.24) is 4.90 Å². The summed E-state index contributed by atoms with van der Waals surface area (Å²) in [5, 5.41) is 11.8. The van der Waals surface area contributed by atoms with Gasteiger partial charge in [-0.2, -0.15) is 0 Å². The summed E-state index contributed by atoms with van der Waals surface area (Å²) in [6.07, 6.45) is 0. The average molecular weight is 278 g/mol. The third-order valence-corrected chi connectivity index (χ3v) is 2.98. The van der Waals surface area contributed by atoms with Crippen LogP contribution in [0.2, 0.25) is 0 Å². The Balaban J connectivity index is 2.88. The maximum Gasteiger partial charge on any atom is 0.335 e. The van der Waals surface area contributed by atoms with Gasteiger partial charge in [-0.3, -0.25) is 0 Å². The highest BCUT2D eigenvalue weighted by Gasteiger charge is 2.15. The number of benzene rings is 1. The van der Waals surface area contributed by atoms with Crippen LogP contribution in [0.15, 0.2) is 18.2 Å². The second-order valence-corrected chi connectivity index (χ2v) is 5.20. The number of anilines is 1. The maximum atomic E-state index is 12.2. The van der Waals surface area contributed by atoms with Crippen LogP contribution in [-0.4, -0.2) is 35.1 Å². The Labute approximate surface area is 119 Å². The SMILES string of the molecule is CCN(CC(C)C)C(=O)Nc1cc(C(=O)O)ccc1C. The van der Waals surface area contributed by atoms with E-state index in [0.717, 1.165) is 5.56 Å². The van der Waals surface area contributed by atoms with E-state index in [1.54, 1.807) is 11.0 Å². The number of rotatable bonds is 5. The third kappa shape index (κ3) is 4.26. The Morgan fingerprint density at radius 3 is 2.50 bits per heavy atom. The highest BCUT2D eigenvalue weighted by molar-refractivity contribution is 5.94. The van der Waals surface area contributed by atoms with Crippen molar-refractivity contribution in [2.24, 2.45) is 5.92 Å². The largest absolute Gasteiger partial charge is 0.478 e. The third-order valence-electron chi connectivity index (χ3n) is 2.98. The van der Waals surface area contributed by atoms with Crippen molar-refractivity contribution in [1.29, 1.82) is 0 Å². The normalized spacial score (nSPS) is 10.4. The van der Waals surface area contributed by atoms with Gasteiger partial charge in [0, 0.05) is 18.8 Å². The number of aromatic carboxylic acids is 1. The molecule has 1 aromatic rings. The van der Waals surface area contributed by atoms with Gasteiger partial charge in [-0.25, -0.2) is 9.59 Å². The van der Waals surface area contributed by atoms with Gasteiger partial charge < -0.3 is 15.3 Å². The number of carboxylic acid groups (broad SMARTS) is 1. The van der Waals surface area contributed by atoms with Crippen molar-refractivity contribution in [2.45, 2.75) is 27.7 Å². The van der Waals surface area contributed by atoms with Crippen LogP contribution in [0.4, 0.5) is 10.5 Å². The standard InChI is InChI=1S/C15H22N2O3/c1-5-17(9-10(2)3)15(20)16-13-8-12(14(18)19)7-6-11(13)4/h6-8,10H,5,9H2,1-4H3,(H,16,20)(H,18,19). The van der Waals surface area contributed by atoms with Gasteiger partial charge in [0.05, 0.1) is 5.56 Å². The number of nitrogens with one attached hydrogen (secondary N) is 1. The Bertz CT molecular complexity index is 498. The molecule has 5 nitrogen and oxygen atoms in total. The Hall–Kier alpha value is -2.04. The van der Waals surface area contributed by atoms with E-state index in [-0.39, 0.29) is 11.6 Å². The molecule has 2 N–H and O–H groups in total. The molecular weight excluding hydrogens is 256 g/mol. The average Bonchev–Trinajstić information content (AvgIpc) is 2.37. The quantitative estimate of drug-likeness (QED) is 0.869. The number of carbonyl (C=O) groups excluding carboxylic acids is 1. The summed E-state index contributed by atoms with van der Waals surface area (Å²) in [5.41, 5.74) is 1.54. The number of carboxylic acids is 1. The van der Waals surface area contributed by atoms with Crippen molar-refractivity contribution < 1.29 is 14.7 Å². The Morgan fingerprint density at radius 2 is 2.00 bits per heavy atom. The predicted molar refractivity (Wildman–Crippen MR) is 79.2 cm³/mol. The summed E-state index contributed by atoms with van der Waals surface area (Å²) >= 11 is 0. The maximum absolute atomic E-state index is 12.2. The minimum atomic E-state index is -1.00. The zero-order valence-corrected chi connectivity index (χ0v) is 12.4. The molecule has 0 spiro atoms. The van der Waals surface area contributed by atoms with E-state index < -0.39 is 5.97 Å². The lowest BCUT2D eigenvalue weighted by molar-refractivity contribution is 0.0697. The van der Waals surface area contributed by atoms with Crippen LogP contribution in [0.3, 0.4) is 0 Å². The number of hydrogen-bond acceptors (Lipinski definition) is 2. The lowest BCUT2D eigenvalue weighted by Gasteiger charge is -2.23. The fourth-order valence-electron chi connectivity index (χ4n) is 1.88. The molecule has 0 fully saturated rings. The van der Waals surface area contributed by atoms with E-state index >= 15 is 0 Å². The van der Waals surface area contributed by atoms with Crippen molar-refractivity contribution >= 4 is 17.7 Å². The van der Waals surface area contributed by atoms with Crippen LogP contribution in [-0.2, 0) is 0 Å². The zero-order chi connectivity index (χ0) is 15.3. The van der Waals surface area contributed by atoms with Crippen molar-refractivity contribution in [2.75, 3.05) is 18.4 Å². The van der Waals surface area contributed by atoms with Crippen LogP contribution >= 0.6 is 0 Å². The second kappa shape index (κ2) is 6.93. The molecule has 0 aliphatic carbocycles. The minimum Gasteiger partial charge on any atom is -0.478 e. The predicted octanol–water partition coefficient (Wildman–Crippen LogP) is 3.20. The molecule has 0 aliphatic heterocycles. The number of nitrogens with zero attached hydrogens (tertiary/aromatic N) is 1. The molecule has 1 rings (SSSR count). The molecule has 20 heavy (non-hydrogen) atoms. The summed E-state index contributed by atoms with van der Waals surface area (Å²) in [7, 11) is 0. The van der Waals surface area contributed by atoms with Crippen LogP contribution in [0.25, 0.3) is 0 Å². The van der Waals surface area contributed by atoms with Gasteiger partial charge in [0.1, 0.15) is 0 Å². The number of amides is 2. The number of hydrogen-bond donors (Lipinski definition) is 2. The van der Waals surface area contributed by atoms with Crippen LogP contribution in [0.5, 0.6) is 0 Å². The smallest absolute Gasteiger partial charge is 0.335 e. The highest BCUT2D eigenvalue weighted by atomic mass is 16.4. The van der Waals surface area contributed by atoms with E-state index in [2.05, 4.69) is 5.32 Å². The van der Waals surface area contributed by atoms with Gasteiger partial charge in [-0.1, -0.05) is 19.9 Å². The molecule has 0 aliphatic rings. The molecule has 0 bridgehead atoms. The van der Waals surface area contributed by atoms with Crippen LogP contribution in [0.1, 0.15) is 36.7 Å². The molecule has 5 heteroatoms. The zero-order valence-electron chi connectivity index (χ0n) is 12.4. The van der Waals surface area contributed by atoms with Gasteiger partial charge in [-0.15, -0.1) is 0 Å². The van der Waals surface area contributed by atoms with E-state index in [9.17, 15) is 9.59 Å². The lowest BCUT2D eigenvalue weighted by Crippen LogP contribution is -2.37. The first-order valence-electron chi connectivity index (χ1n) is 6.75. The topological polar surface area (TPSA) is 69.6 Å². The number of urea groups is 1. The van der Waals surface area contributed by atoms with Gasteiger partial charge >= 0.3 is 12.0 Å². The monoisotopic (exact) mass is 278 g/mol. The summed E-state index contributed by atoms with van der Waals surface area (Å²) < 4.78 is 0. The molecule has 0 saturated heterocycles. The van der Waals surface area contributed by atoms with Gasteiger partial charge in [0.2, 0.25) is 0 Å². The first-order chi connectivity index (χ1) is 9.35. The van der Waals surface area contributed by atoms with E-state index in [1.165, 1.54) is 12.1 Å². The highest BCUT2D eigenvalue weighted by Crippen LogP contribution is 2.17. The minimum absolute atomic E-state index is 0.165. The molecule has 0 saturated carbocycles. The molecular formula is C15H22N2O3. The van der Waals surface area contributed by atoms with E-state index in [1.807, 2.05) is 27.7 Å². The molecule has 0 aromatic heterocycles.